The Labute approximate surface area is 206 Å². The van der Waals surface area contributed by atoms with Crippen molar-refractivity contribution in [3.63, 3.8) is 0 Å². The Morgan fingerprint density at radius 1 is 1.32 bits per heavy atom. The number of H-pyrrole nitrogens is 1. The summed E-state index contributed by atoms with van der Waals surface area (Å²) in [5.74, 6) is 1.76. The minimum atomic E-state index is -0.588. The van der Waals surface area contributed by atoms with Crippen molar-refractivity contribution in [3.8, 4) is 0 Å². The van der Waals surface area contributed by atoms with Gasteiger partial charge >= 0.3 is 0 Å². The second-order valence-corrected chi connectivity index (χ2v) is 11.4. The number of nitrogens with one attached hydrogen (secondary N) is 1. The fourth-order valence-electron chi connectivity index (χ4n) is 4.81. The van der Waals surface area contributed by atoms with Crippen LogP contribution < -0.4 is 5.56 Å². The molecular formula is C25H40N4O4S. The van der Waals surface area contributed by atoms with Crippen molar-refractivity contribution in [1.82, 2.24) is 19.8 Å². The Bertz CT molecular complexity index is 985. The van der Waals surface area contributed by atoms with E-state index in [1.54, 1.807) is 11.3 Å². The minimum absolute atomic E-state index is 0.0269. The highest BCUT2D eigenvalue weighted by Crippen LogP contribution is 2.35. The van der Waals surface area contributed by atoms with E-state index in [-0.39, 0.29) is 5.56 Å². The molecule has 2 aromatic heterocycles. The van der Waals surface area contributed by atoms with Crippen LogP contribution in [-0.2, 0) is 28.9 Å². The highest BCUT2D eigenvalue weighted by molar-refractivity contribution is 7.18. The van der Waals surface area contributed by atoms with Gasteiger partial charge in [0.25, 0.3) is 5.56 Å². The number of aromatic amines is 1. The Morgan fingerprint density at radius 3 is 2.88 bits per heavy atom. The van der Waals surface area contributed by atoms with E-state index >= 15 is 0 Å². The Hall–Kier alpha value is -1.36. The zero-order valence-corrected chi connectivity index (χ0v) is 21.7. The molecule has 0 saturated carbocycles. The largest absolute Gasteiger partial charge is 0.389 e. The molecule has 0 amide bonds. The highest BCUT2D eigenvalue weighted by atomic mass is 32.1. The molecule has 190 valence electrons. The molecule has 9 heteroatoms. The lowest BCUT2D eigenvalue weighted by Gasteiger charge is -2.30. The summed E-state index contributed by atoms with van der Waals surface area (Å²) in [4.78, 5) is 27.7. The molecule has 0 aromatic carbocycles. The first kappa shape index (κ1) is 25.7. The van der Waals surface area contributed by atoms with E-state index < -0.39 is 6.10 Å². The van der Waals surface area contributed by atoms with E-state index in [0.29, 0.717) is 44.0 Å². The summed E-state index contributed by atoms with van der Waals surface area (Å²) in [5.41, 5.74) is 1.18. The fourth-order valence-corrected chi connectivity index (χ4v) is 6.22. The molecule has 4 rings (SSSR count). The number of ether oxygens (including phenoxy) is 2. The molecule has 2 N–H and O–H groups in total. The van der Waals surface area contributed by atoms with Gasteiger partial charge in [0.15, 0.2) is 0 Å². The predicted octanol–water partition coefficient (Wildman–Crippen LogP) is 2.28. The molecule has 8 nitrogen and oxygen atoms in total. The van der Waals surface area contributed by atoms with Crippen LogP contribution in [0.5, 0.6) is 0 Å². The molecule has 0 spiro atoms. The van der Waals surface area contributed by atoms with Gasteiger partial charge in [-0.15, -0.1) is 11.3 Å². The molecule has 0 radical (unpaired) electrons. The van der Waals surface area contributed by atoms with E-state index in [2.05, 4.69) is 35.6 Å². The van der Waals surface area contributed by atoms with Gasteiger partial charge in [-0.3, -0.25) is 14.6 Å². The van der Waals surface area contributed by atoms with Crippen molar-refractivity contribution < 1.29 is 14.6 Å². The van der Waals surface area contributed by atoms with Gasteiger partial charge in [0.1, 0.15) is 10.7 Å². The summed E-state index contributed by atoms with van der Waals surface area (Å²) in [5, 5.41) is 11.4. The van der Waals surface area contributed by atoms with Crippen LogP contribution in [-0.4, -0.2) is 90.1 Å². The van der Waals surface area contributed by atoms with Crippen LogP contribution in [0.1, 0.15) is 43.5 Å². The van der Waals surface area contributed by atoms with Gasteiger partial charge in [-0.25, -0.2) is 4.98 Å². The van der Waals surface area contributed by atoms with Crippen molar-refractivity contribution in [2.24, 2.45) is 11.8 Å². The van der Waals surface area contributed by atoms with Gasteiger partial charge in [0, 0.05) is 44.2 Å². The van der Waals surface area contributed by atoms with Gasteiger partial charge in [-0.05, 0) is 36.7 Å². The number of hydrogen-bond acceptors (Lipinski definition) is 8. The lowest BCUT2D eigenvalue weighted by Crippen LogP contribution is -2.43. The lowest BCUT2D eigenvalue weighted by atomic mass is 9.89. The predicted molar refractivity (Wildman–Crippen MR) is 136 cm³/mol. The Morgan fingerprint density at radius 2 is 2.12 bits per heavy atom. The Balaban J connectivity index is 1.46. The van der Waals surface area contributed by atoms with Gasteiger partial charge in [-0.2, -0.15) is 0 Å². The van der Waals surface area contributed by atoms with Gasteiger partial charge in [-0.1, -0.05) is 20.8 Å². The first-order valence-corrected chi connectivity index (χ1v) is 13.5. The summed E-state index contributed by atoms with van der Waals surface area (Å²) in [6.45, 7) is 13.4. The summed E-state index contributed by atoms with van der Waals surface area (Å²) >= 11 is 1.68. The van der Waals surface area contributed by atoms with Crippen molar-refractivity contribution in [1.29, 1.82) is 0 Å². The summed E-state index contributed by atoms with van der Waals surface area (Å²) in [7, 11) is 0. The summed E-state index contributed by atoms with van der Waals surface area (Å²) < 4.78 is 11.1. The SMILES string of the molecule is CC(C)COC[C@@H](O)CN(CCN1CCOCC1)Cc1nc2sc3c(c2c(=O)[nH]1)CC[C@H](C)C3. The third-order valence-corrected chi connectivity index (χ3v) is 7.80. The van der Waals surface area contributed by atoms with Crippen LogP contribution in [0.4, 0.5) is 0 Å². The van der Waals surface area contributed by atoms with Gasteiger partial charge < -0.3 is 19.6 Å². The topological polar surface area (TPSA) is 90.9 Å². The number of aryl methyl sites for hydroxylation is 1. The van der Waals surface area contributed by atoms with E-state index in [1.165, 1.54) is 10.4 Å². The second-order valence-electron chi connectivity index (χ2n) is 10.3. The van der Waals surface area contributed by atoms with E-state index in [1.807, 2.05) is 0 Å². The molecule has 2 aliphatic rings. The number of nitrogens with zero attached hydrogens (tertiary/aromatic N) is 3. The van der Waals surface area contributed by atoms with Crippen molar-refractivity contribution in [2.45, 2.75) is 52.7 Å². The number of rotatable bonds is 11. The standard InChI is InChI=1S/C25H40N4O4S/c1-17(2)15-33-16-19(30)13-29(7-6-28-8-10-32-11-9-28)14-22-26-24(31)23-20-5-4-18(3)12-21(20)34-25(23)27-22/h17-19,30H,4-16H2,1-3H3,(H,26,27,31)/t18-,19-/m0/s1. The average Bonchev–Trinajstić information content (AvgIpc) is 3.15. The van der Waals surface area contributed by atoms with Crippen molar-refractivity contribution in [2.75, 3.05) is 59.2 Å². The molecular weight excluding hydrogens is 452 g/mol. The van der Waals surface area contributed by atoms with Crippen LogP contribution in [0.25, 0.3) is 10.2 Å². The van der Waals surface area contributed by atoms with Crippen molar-refractivity contribution in [3.05, 3.63) is 26.6 Å². The smallest absolute Gasteiger partial charge is 0.259 e. The molecule has 1 aliphatic heterocycles. The molecule has 0 unspecified atom stereocenters. The van der Waals surface area contributed by atoms with E-state index in [0.717, 1.165) is 68.9 Å². The monoisotopic (exact) mass is 492 g/mol. The molecule has 0 bridgehead atoms. The molecule has 2 aromatic rings. The molecule has 34 heavy (non-hydrogen) atoms. The number of aromatic nitrogens is 2. The Kier molecular flexibility index (Phi) is 9.12. The van der Waals surface area contributed by atoms with Crippen LogP contribution in [0.3, 0.4) is 0 Å². The molecule has 2 atom stereocenters. The van der Waals surface area contributed by atoms with Crippen LogP contribution in [0, 0.1) is 11.8 Å². The maximum Gasteiger partial charge on any atom is 0.259 e. The minimum Gasteiger partial charge on any atom is -0.389 e. The zero-order valence-electron chi connectivity index (χ0n) is 20.8. The molecule has 1 saturated heterocycles. The maximum atomic E-state index is 13.0. The zero-order chi connectivity index (χ0) is 24.1. The number of fused-ring (bicyclic) bond motifs is 3. The third-order valence-electron chi connectivity index (χ3n) is 6.65. The average molecular weight is 493 g/mol. The molecule has 1 fully saturated rings. The van der Waals surface area contributed by atoms with Gasteiger partial charge in [0.05, 0.1) is 37.9 Å². The van der Waals surface area contributed by atoms with E-state index in [9.17, 15) is 9.90 Å². The summed E-state index contributed by atoms with van der Waals surface area (Å²) in [6, 6.07) is 0. The number of aliphatic hydroxyl groups is 1. The highest BCUT2D eigenvalue weighted by Gasteiger charge is 2.24. The normalized spacial score (nSPS) is 20.4. The maximum absolute atomic E-state index is 13.0. The van der Waals surface area contributed by atoms with E-state index in [4.69, 9.17) is 14.5 Å². The first-order valence-electron chi connectivity index (χ1n) is 12.7. The lowest BCUT2D eigenvalue weighted by molar-refractivity contribution is 0.000565. The van der Waals surface area contributed by atoms with Crippen LogP contribution in [0.2, 0.25) is 0 Å². The number of aliphatic hydroxyl groups excluding tert-OH is 1. The van der Waals surface area contributed by atoms with Crippen LogP contribution in [0.15, 0.2) is 4.79 Å². The molecule has 1 aliphatic carbocycles. The number of thiophene rings is 1. The number of hydrogen-bond donors (Lipinski definition) is 2. The third kappa shape index (κ3) is 6.86. The van der Waals surface area contributed by atoms with Crippen LogP contribution >= 0.6 is 11.3 Å². The quantitative estimate of drug-likeness (QED) is 0.497. The summed E-state index contributed by atoms with van der Waals surface area (Å²) in [6.07, 6.45) is 2.55. The van der Waals surface area contributed by atoms with Gasteiger partial charge in [0.2, 0.25) is 0 Å². The van der Waals surface area contributed by atoms with Crippen molar-refractivity contribution >= 4 is 21.6 Å². The molecule has 3 heterocycles. The number of morpholine rings is 1. The first-order chi connectivity index (χ1) is 16.4. The fraction of sp³-hybridized carbons (Fsp3) is 0.760. The second kappa shape index (κ2) is 12.1.